The maximum absolute atomic E-state index is 12.3. The molecule has 2 aromatic heterocycles. The number of amides is 1. The van der Waals surface area contributed by atoms with E-state index in [2.05, 4.69) is 10.3 Å². The third kappa shape index (κ3) is 2.80. The number of rotatable bonds is 4. The number of fused-ring (bicyclic) bond motifs is 1. The standard InChI is InChI=1S/C16H16N4O3/c1-19-15-13(7-4-8-17-15)20(16(19)22)10-14(21)18-11-5-3-6-12(9-11)23-2/h3-9H,10H2,1-2H3,(H,18,21). The van der Waals surface area contributed by atoms with Crippen molar-refractivity contribution in [3.05, 3.63) is 53.1 Å². The van der Waals surface area contributed by atoms with E-state index >= 15 is 0 Å². The Balaban J connectivity index is 1.86. The molecule has 23 heavy (non-hydrogen) atoms. The first-order valence-electron chi connectivity index (χ1n) is 7.04. The van der Waals surface area contributed by atoms with Crippen LogP contribution in [0.25, 0.3) is 11.2 Å². The Bertz CT molecular complexity index is 926. The van der Waals surface area contributed by atoms with Crippen molar-refractivity contribution in [1.29, 1.82) is 0 Å². The summed E-state index contributed by atoms with van der Waals surface area (Å²) in [6.07, 6.45) is 1.61. The predicted molar refractivity (Wildman–Crippen MR) is 86.6 cm³/mol. The van der Waals surface area contributed by atoms with E-state index in [0.717, 1.165) is 0 Å². The van der Waals surface area contributed by atoms with Crippen molar-refractivity contribution in [2.45, 2.75) is 6.54 Å². The molecule has 0 bridgehead atoms. The van der Waals surface area contributed by atoms with Crippen molar-refractivity contribution in [2.75, 3.05) is 12.4 Å². The molecule has 0 unspecified atom stereocenters. The van der Waals surface area contributed by atoms with Gasteiger partial charge in [0.05, 0.1) is 12.6 Å². The molecule has 7 nitrogen and oxygen atoms in total. The van der Waals surface area contributed by atoms with Gasteiger partial charge >= 0.3 is 5.69 Å². The van der Waals surface area contributed by atoms with Gasteiger partial charge in [-0.25, -0.2) is 9.78 Å². The summed E-state index contributed by atoms with van der Waals surface area (Å²) in [5.41, 5.74) is 1.51. The molecule has 1 amide bonds. The number of benzene rings is 1. The number of pyridine rings is 1. The molecule has 1 N–H and O–H groups in total. The first-order chi connectivity index (χ1) is 11.1. The highest BCUT2D eigenvalue weighted by Crippen LogP contribution is 2.17. The van der Waals surface area contributed by atoms with Gasteiger partial charge in [-0.1, -0.05) is 6.07 Å². The lowest BCUT2D eigenvalue weighted by Crippen LogP contribution is -2.28. The molecule has 7 heteroatoms. The van der Waals surface area contributed by atoms with Gasteiger partial charge in [-0.2, -0.15) is 0 Å². The highest BCUT2D eigenvalue weighted by atomic mass is 16.5. The van der Waals surface area contributed by atoms with Crippen LogP contribution in [0.15, 0.2) is 47.4 Å². The zero-order valence-corrected chi connectivity index (χ0v) is 12.8. The van der Waals surface area contributed by atoms with Gasteiger partial charge in [-0.3, -0.25) is 13.9 Å². The Morgan fingerprint density at radius 2 is 2.13 bits per heavy atom. The van der Waals surface area contributed by atoms with Gasteiger partial charge in [0, 0.05) is 25.0 Å². The minimum absolute atomic E-state index is 0.0842. The smallest absolute Gasteiger partial charge is 0.330 e. The van der Waals surface area contributed by atoms with Gasteiger partial charge in [0.1, 0.15) is 12.3 Å². The summed E-state index contributed by atoms with van der Waals surface area (Å²) in [4.78, 5) is 28.7. The van der Waals surface area contributed by atoms with Crippen LogP contribution in [0.5, 0.6) is 5.75 Å². The van der Waals surface area contributed by atoms with Crippen LogP contribution in [-0.4, -0.2) is 27.1 Å². The fourth-order valence-electron chi connectivity index (χ4n) is 2.43. The lowest BCUT2D eigenvalue weighted by atomic mass is 10.3. The van der Waals surface area contributed by atoms with Crippen molar-refractivity contribution in [2.24, 2.45) is 7.05 Å². The molecule has 1 aromatic carbocycles. The SMILES string of the molecule is COc1cccc(NC(=O)Cn2c(=O)n(C)c3ncccc32)c1. The van der Waals surface area contributed by atoms with E-state index in [1.807, 2.05) is 0 Å². The van der Waals surface area contributed by atoms with E-state index in [9.17, 15) is 9.59 Å². The summed E-state index contributed by atoms with van der Waals surface area (Å²) < 4.78 is 7.94. The summed E-state index contributed by atoms with van der Waals surface area (Å²) in [6, 6.07) is 10.5. The molecule has 0 aliphatic heterocycles. The third-order valence-corrected chi connectivity index (χ3v) is 3.55. The molecule has 0 aliphatic rings. The number of methoxy groups -OCH3 is 1. The monoisotopic (exact) mass is 312 g/mol. The topological polar surface area (TPSA) is 78.1 Å². The van der Waals surface area contributed by atoms with Gasteiger partial charge in [0.25, 0.3) is 0 Å². The largest absolute Gasteiger partial charge is 0.497 e. The highest BCUT2D eigenvalue weighted by molar-refractivity contribution is 5.91. The van der Waals surface area contributed by atoms with Crippen LogP contribution in [0.3, 0.4) is 0 Å². The van der Waals surface area contributed by atoms with E-state index in [1.165, 1.54) is 9.13 Å². The third-order valence-electron chi connectivity index (χ3n) is 3.55. The molecule has 0 saturated carbocycles. The number of aromatic nitrogens is 3. The Hall–Kier alpha value is -3.09. The van der Waals surface area contributed by atoms with Gasteiger partial charge in [0.2, 0.25) is 5.91 Å². The number of nitrogens with zero attached hydrogens (tertiary/aromatic N) is 3. The molecule has 0 radical (unpaired) electrons. The van der Waals surface area contributed by atoms with Crippen molar-refractivity contribution < 1.29 is 9.53 Å². The summed E-state index contributed by atoms with van der Waals surface area (Å²) in [6.45, 7) is -0.0842. The number of anilines is 1. The number of imidazole rings is 1. The Morgan fingerprint density at radius 1 is 1.30 bits per heavy atom. The second kappa shape index (κ2) is 5.96. The molecule has 0 saturated heterocycles. The first kappa shape index (κ1) is 14.8. The van der Waals surface area contributed by atoms with Gasteiger partial charge in [0.15, 0.2) is 5.65 Å². The van der Waals surface area contributed by atoms with Crippen LogP contribution in [0.2, 0.25) is 0 Å². The number of carbonyl (C=O) groups is 1. The summed E-state index contributed by atoms with van der Waals surface area (Å²) in [5.74, 6) is 0.353. The van der Waals surface area contributed by atoms with Crippen molar-refractivity contribution in [3.63, 3.8) is 0 Å². The molecular weight excluding hydrogens is 296 g/mol. The number of ether oxygens (including phenoxy) is 1. The number of carbonyl (C=O) groups excluding carboxylic acids is 1. The number of hydrogen-bond acceptors (Lipinski definition) is 4. The Morgan fingerprint density at radius 3 is 2.91 bits per heavy atom. The van der Waals surface area contributed by atoms with Crippen molar-refractivity contribution in [3.8, 4) is 5.75 Å². The molecular formula is C16H16N4O3. The Labute approximate surface area is 132 Å². The maximum atomic E-state index is 12.3. The zero-order valence-electron chi connectivity index (χ0n) is 12.8. The van der Waals surface area contributed by atoms with Crippen LogP contribution >= 0.6 is 0 Å². The van der Waals surface area contributed by atoms with Crippen molar-refractivity contribution in [1.82, 2.24) is 14.1 Å². The van der Waals surface area contributed by atoms with Crippen LogP contribution < -0.4 is 15.7 Å². The maximum Gasteiger partial charge on any atom is 0.330 e. The number of nitrogens with one attached hydrogen (secondary N) is 1. The van der Waals surface area contributed by atoms with Crippen LogP contribution in [-0.2, 0) is 18.4 Å². The van der Waals surface area contributed by atoms with Gasteiger partial charge in [-0.15, -0.1) is 0 Å². The molecule has 3 rings (SSSR count). The molecule has 118 valence electrons. The lowest BCUT2D eigenvalue weighted by molar-refractivity contribution is -0.116. The van der Waals surface area contributed by atoms with Gasteiger partial charge < -0.3 is 10.1 Å². The normalized spacial score (nSPS) is 10.7. The average Bonchev–Trinajstić information content (AvgIpc) is 2.80. The molecule has 2 heterocycles. The number of hydrogen-bond donors (Lipinski definition) is 1. The zero-order chi connectivity index (χ0) is 16.4. The first-order valence-corrected chi connectivity index (χ1v) is 7.04. The van der Waals surface area contributed by atoms with Crippen LogP contribution in [0.4, 0.5) is 5.69 Å². The van der Waals surface area contributed by atoms with E-state index in [1.54, 1.807) is 56.8 Å². The summed E-state index contributed by atoms with van der Waals surface area (Å²) in [7, 11) is 3.19. The molecule has 0 aliphatic carbocycles. The molecule has 3 aromatic rings. The summed E-state index contributed by atoms with van der Waals surface area (Å²) >= 11 is 0. The second-order valence-electron chi connectivity index (χ2n) is 5.05. The minimum atomic E-state index is -0.295. The number of aryl methyl sites for hydroxylation is 1. The lowest BCUT2D eigenvalue weighted by Gasteiger charge is -2.07. The van der Waals surface area contributed by atoms with E-state index in [0.29, 0.717) is 22.6 Å². The molecule has 0 atom stereocenters. The fourth-order valence-corrected chi connectivity index (χ4v) is 2.43. The highest BCUT2D eigenvalue weighted by Gasteiger charge is 2.14. The predicted octanol–water partition coefficient (Wildman–Crippen LogP) is 1.38. The fraction of sp³-hybridized carbons (Fsp3) is 0.188. The second-order valence-corrected chi connectivity index (χ2v) is 5.05. The van der Waals surface area contributed by atoms with Gasteiger partial charge in [-0.05, 0) is 24.3 Å². The van der Waals surface area contributed by atoms with Crippen molar-refractivity contribution >= 4 is 22.8 Å². The van der Waals surface area contributed by atoms with E-state index < -0.39 is 0 Å². The Kier molecular flexibility index (Phi) is 3.84. The molecule has 0 fully saturated rings. The average molecular weight is 312 g/mol. The van der Waals surface area contributed by atoms with Crippen LogP contribution in [0.1, 0.15) is 0 Å². The van der Waals surface area contributed by atoms with Crippen LogP contribution in [0, 0.1) is 0 Å². The molecule has 0 spiro atoms. The quantitative estimate of drug-likeness (QED) is 0.789. The van der Waals surface area contributed by atoms with E-state index in [-0.39, 0.29) is 18.1 Å². The van der Waals surface area contributed by atoms with E-state index in [4.69, 9.17) is 4.74 Å². The minimum Gasteiger partial charge on any atom is -0.497 e. The summed E-state index contributed by atoms with van der Waals surface area (Å²) in [5, 5.41) is 2.76.